The molecule has 0 unspecified atom stereocenters. The number of rotatable bonds is 5. The van der Waals surface area contributed by atoms with Gasteiger partial charge in [-0.25, -0.2) is 0 Å². The zero-order valence-electron chi connectivity index (χ0n) is 12.6. The van der Waals surface area contributed by atoms with Crippen molar-refractivity contribution in [2.24, 2.45) is 4.99 Å². The fourth-order valence-corrected chi connectivity index (χ4v) is 2.65. The van der Waals surface area contributed by atoms with Crippen LogP contribution in [0.4, 0.5) is 0 Å². The molecule has 1 heterocycles. The van der Waals surface area contributed by atoms with Crippen LogP contribution >= 0.6 is 11.3 Å². The minimum absolute atomic E-state index is 0.673. The minimum Gasteiger partial charge on any atom is -0.496 e. The lowest BCUT2D eigenvalue weighted by Gasteiger charge is -2.14. The first-order valence-corrected chi connectivity index (χ1v) is 7.76. The predicted molar refractivity (Wildman–Crippen MR) is 89.1 cm³/mol. The van der Waals surface area contributed by atoms with Crippen LogP contribution in [0.5, 0.6) is 5.75 Å². The van der Waals surface area contributed by atoms with Gasteiger partial charge >= 0.3 is 0 Å². The number of guanidine groups is 1. The van der Waals surface area contributed by atoms with Gasteiger partial charge in [-0.1, -0.05) is 12.1 Å². The summed E-state index contributed by atoms with van der Waals surface area (Å²) in [6.45, 7) is 3.50. The van der Waals surface area contributed by atoms with Crippen LogP contribution in [0.15, 0.2) is 40.0 Å². The topological polar surface area (TPSA) is 45.7 Å². The third kappa shape index (κ3) is 4.49. The molecule has 21 heavy (non-hydrogen) atoms. The molecule has 0 radical (unpaired) electrons. The van der Waals surface area contributed by atoms with Crippen LogP contribution in [0.3, 0.4) is 0 Å². The molecule has 2 rings (SSSR count). The average molecular weight is 303 g/mol. The Hall–Kier alpha value is -2.01. The molecule has 0 aliphatic carbocycles. The van der Waals surface area contributed by atoms with E-state index in [1.807, 2.05) is 6.07 Å². The standard InChI is InChI=1S/C16H21N3OS/c1-12-4-5-14(15(8-12)20-3)10-19-16(17-2)18-9-13-6-7-21-11-13/h4-8,11H,9-10H2,1-3H3,(H2,17,18,19). The van der Waals surface area contributed by atoms with Crippen molar-refractivity contribution in [3.8, 4) is 5.75 Å². The van der Waals surface area contributed by atoms with Crippen molar-refractivity contribution >= 4 is 17.3 Å². The maximum Gasteiger partial charge on any atom is 0.191 e. The molecule has 0 saturated carbocycles. The van der Waals surface area contributed by atoms with Crippen molar-refractivity contribution in [1.29, 1.82) is 0 Å². The van der Waals surface area contributed by atoms with E-state index in [2.05, 4.69) is 51.5 Å². The summed E-state index contributed by atoms with van der Waals surface area (Å²) in [7, 11) is 3.47. The maximum atomic E-state index is 5.41. The molecule has 1 aromatic carbocycles. The summed E-state index contributed by atoms with van der Waals surface area (Å²) in [6.07, 6.45) is 0. The quantitative estimate of drug-likeness (QED) is 0.659. The number of nitrogens with one attached hydrogen (secondary N) is 2. The van der Waals surface area contributed by atoms with Crippen LogP contribution < -0.4 is 15.4 Å². The zero-order chi connectivity index (χ0) is 15.1. The molecule has 0 aliphatic rings. The Labute approximate surface area is 129 Å². The molecule has 2 N–H and O–H groups in total. The summed E-state index contributed by atoms with van der Waals surface area (Å²) in [5, 5.41) is 10.8. The van der Waals surface area contributed by atoms with Gasteiger partial charge in [0, 0.05) is 25.7 Å². The molecule has 1 aromatic heterocycles. The molecule has 5 heteroatoms. The summed E-state index contributed by atoms with van der Waals surface area (Å²) in [5.74, 6) is 1.68. The molecule has 0 amide bonds. The number of aliphatic imine (C=N–C) groups is 1. The van der Waals surface area contributed by atoms with Crippen LogP contribution in [-0.4, -0.2) is 20.1 Å². The lowest BCUT2D eigenvalue weighted by molar-refractivity contribution is 0.408. The van der Waals surface area contributed by atoms with Crippen molar-refractivity contribution in [1.82, 2.24) is 10.6 Å². The van der Waals surface area contributed by atoms with E-state index in [-0.39, 0.29) is 0 Å². The molecule has 0 atom stereocenters. The highest BCUT2D eigenvalue weighted by molar-refractivity contribution is 7.07. The number of thiophene rings is 1. The monoisotopic (exact) mass is 303 g/mol. The number of nitrogens with zero attached hydrogens (tertiary/aromatic N) is 1. The van der Waals surface area contributed by atoms with Gasteiger partial charge in [0.2, 0.25) is 0 Å². The van der Waals surface area contributed by atoms with Crippen LogP contribution in [0.1, 0.15) is 16.7 Å². The molecular weight excluding hydrogens is 282 g/mol. The molecule has 2 aromatic rings. The normalized spacial score (nSPS) is 11.3. The molecular formula is C16H21N3OS. The summed E-state index contributed by atoms with van der Waals surface area (Å²) in [5.41, 5.74) is 3.56. The van der Waals surface area contributed by atoms with Crippen LogP contribution in [0, 0.1) is 6.92 Å². The second-order valence-corrected chi connectivity index (χ2v) is 5.51. The summed E-state index contributed by atoms with van der Waals surface area (Å²) < 4.78 is 5.41. The van der Waals surface area contributed by atoms with Gasteiger partial charge in [-0.15, -0.1) is 0 Å². The smallest absolute Gasteiger partial charge is 0.191 e. The molecule has 0 bridgehead atoms. The van der Waals surface area contributed by atoms with Gasteiger partial charge in [-0.3, -0.25) is 4.99 Å². The van der Waals surface area contributed by atoms with Crippen molar-refractivity contribution < 1.29 is 4.74 Å². The second kappa shape index (κ2) is 7.69. The lowest BCUT2D eigenvalue weighted by Crippen LogP contribution is -2.36. The van der Waals surface area contributed by atoms with E-state index in [4.69, 9.17) is 4.74 Å². The Kier molecular flexibility index (Phi) is 5.63. The van der Waals surface area contributed by atoms with Gasteiger partial charge in [0.1, 0.15) is 5.75 Å². The van der Waals surface area contributed by atoms with Crippen molar-refractivity contribution in [3.05, 3.63) is 51.7 Å². The highest BCUT2D eigenvalue weighted by Crippen LogP contribution is 2.19. The van der Waals surface area contributed by atoms with Gasteiger partial charge in [0.15, 0.2) is 5.96 Å². The Morgan fingerprint density at radius 3 is 2.71 bits per heavy atom. The largest absolute Gasteiger partial charge is 0.496 e. The van der Waals surface area contributed by atoms with E-state index in [1.54, 1.807) is 25.5 Å². The van der Waals surface area contributed by atoms with E-state index in [1.165, 1.54) is 11.1 Å². The number of ether oxygens (including phenoxy) is 1. The highest BCUT2D eigenvalue weighted by atomic mass is 32.1. The minimum atomic E-state index is 0.673. The van der Waals surface area contributed by atoms with Crippen molar-refractivity contribution in [2.75, 3.05) is 14.2 Å². The lowest BCUT2D eigenvalue weighted by atomic mass is 10.1. The third-order valence-corrected chi connectivity index (χ3v) is 3.88. The maximum absolute atomic E-state index is 5.41. The first-order chi connectivity index (χ1) is 10.2. The van der Waals surface area contributed by atoms with Crippen molar-refractivity contribution in [3.63, 3.8) is 0 Å². The summed E-state index contributed by atoms with van der Waals surface area (Å²) in [4.78, 5) is 4.23. The van der Waals surface area contributed by atoms with E-state index in [9.17, 15) is 0 Å². The van der Waals surface area contributed by atoms with E-state index >= 15 is 0 Å². The molecule has 0 spiro atoms. The fourth-order valence-electron chi connectivity index (χ4n) is 1.98. The zero-order valence-corrected chi connectivity index (χ0v) is 13.5. The highest BCUT2D eigenvalue weighted by Gasteiger charge is 2.04. The molecule has 112 valence electrons. The summed E-state index contributed by atoms with van der Waals surface area (Å²) in [6, 6.07) is 8.31. The Morgan fingerprint density at radius 1 is 1.24 bits per heavy atom. The number of aryl methyl sites for hydroxylation is 1. The van der Waals surface area contributed by atoms with Gasteiger partial charge in [-0.05, 0) is 40.9 Å². The van der Waals surface area contributed by atoms with Gasteiger partial charge in [-0.2, -0.15) is 11.3 Å². The number of hydrogen-bond acceptors (Lipinski definition) is 3. The van der Waals surface area contributed by atoms with Gasteiger partial charge in [0.25, 0.3) is 0 Å². The predicted octanol–water partition coefficient (Wildman–Crippen LogP) is 2.93. The van der Waals surface area contributed by atoms with Gasteiger partial charge < -0.3 is 15.4 Å². The van der Waals surface area contributed by atoms with Crippen LogP contribution in [0.2, 0.25) is 0 Å². The van der Waals surface area contributed by atoms with Crippen LogP contribution in [0.25, 0.3) is 0 Å². The first-order valence-electron chi connectivity index (χ1n) is 6.82. The molecule has 0 saturated heterocycles. The first kappa shape index (κ1) is 15.4. The fraction of sp³-hybridized carbons (Fsp3) is 0.312. The Bertz CT molecular complexity index is 594. The molecule has 4 nitrogen and oxygen atoms in total. The number of benzene rings is 1. The number of methoxy groups -OCH3 is 1. The molecule has 0 aliphatic heterocycles. The van der Waals surface area contributed by atoms with Crippen molar-refractivity contribution in [2.45, 2.75) is 20.0 Å². The summed E-state index contributed by atoms with van der Waals surface area (Å²) >= 11 is 1.70. The van der Waals surface area contributed by atoms with E-state index < -0.39 is 0 Å². The number of hydrogen-bond donors (Lipinski definition) is 2. The Balaban J connectivity index is 1.91. The van der Waals surface area contributed by atoms with E-state index in [0.29, 0.717) is 6.54 Å². The van der Waals surface area contributed by atoms with E-state index in [0.717, 1.165) is 23.8 Å². The van der Waals surface area contributed by atoms with Gasteiger partial charge in [0.05, 0.1) is 7.11 Å². The average Bonchev–Trinajstić information content (AvgIpc) is 3.01. The second-order valence-electron chi connectivity index (χ2n) is 4.73. The molecule has 0 fully saturated rings. The Morgan fingerprint density at radius 2 is 2.05 bits per heavy atom. The SMILES string of the molecule is CN=C(NCc1ccsc1)NCc1ccc(C)cc1OC. The third-order valence-electron chi connectivity index (χ3n) is 3.15. The van der Waals surface area contributed by atoms with Crippen LogP contribution in [-0.2, 0) is 13.1 Å².